The quantitative estimate of drug-likeness (QED) is 0.507. The zero-order valence-corrected chi connectivity index (χ0v) is 11.0. The van der Waals surface area contributed by atoms with Crippen LogP contribution in [0.4, 0.5) is 0 Å². The monoisotopic (exact) mass is 231 g/mol. The summed E-state index contributed by atoms with van der Waals surface area (Å²) in [6.45, 7) is 6.85. The van der Waals surface area contributed by atoms with E-state index >= 15 is 0 Å². The first-order valence-electron chi connectivity index (χ1n) is 6.73. The highest BCUT2D eigenvalue weighted by Gasteiger charge is 2.00. The molecule has 0 rings (SSSR count). The molecule has 0 radical (unpaired) electrons. The molecule has 0 aromatic heterocycles. The fourth-order valence-electron chi connectivity index (χ4n) is 1.67. The van der Waals surface area contributed by atoms with Gasteiger partial charge in [0.05, 0.1) is 13.2 Å². The maximum absolute atomic E-state index is 8.51. The van der Waals surface area contributed by atoms with Crippen molar-refractivity contribution in [3.8, 4) is 0 Å². The normalized spacial score (nSPS) is 12.9. The molecule has 2 N–H and O–H groups in total. The average molecular weight is 231 g/mol. The molecule has 0 aliphatic rings. The molecule has 0 amide bonds. The van der Waals surface area contributed by atoms with Gasteiger partial charge in [0, 0.05) is 12.6 Å². The number of nitrogens with one attached hydrogen (secondary N) is 1. The predicted octanol–water partition coefficient (Wildman–Crippen LogP) is 2.33. The van der Waals surface area contributed by atoms with E-state index in [0.29, 0.717) is 12.6 Å². The number of hydrogen-bond acceptors (Lipinski definition) is 3. The molecule has 3 heteroatoms. The van der Waals surface area contributed by atoms with Gasteiger partial charge in [0.2, 0.25) is 0 Å². The van der Waals surface area contributed by atoms with Gasteiger partial charge in [0.1, 0.15) is 0 Å². The van der Waals surface area contributed by atoms with Crippen LogP contribution in [0.5, 0.6) is 0 Å². The lowest BCUT2D eigenvalue weighted by molar-refractivity contribution is 0.0904. The molecule has 1 atom stereocenters. The lowest BCUT2D eigenvalue weighted by atomic mass is 10.1. The van der Waals surface area contributed by atoms with Crippen LogP contribution in [0.3, 0.4) is 0 Å². The van der Waals surface area contributed by atoms with E-state index in [1.165, 1.54) is 32.1 Å². The van der Waals surface area contributed by atoms with Crippen LogP contribution < -0.4 is 5.32 Å². The third kappa shape index (κ3) is 12.0. The lowest BCUT2D eigenvalue weighted by Gasteiger charge is -2.13. The standard InChI is InChI=1S/C13H29NO2/c1-3-4-5-6-8-13(2)14-9-7-11-16-12-10-15/h13-15H,3-12H2,1-2H3. The summed E-state index contributed by atoms with van der Waals surface area (Å²) in [6.07, 6.45) is 7.67. The predicted molar refractivity (Wildman–Crippen MR) is 68.7 cm³/mol. The summed E-state index contributed by atoms with van der Waals surface area (Å²) in [6, 6.07) is 0.620. The Morgan fingerprint density at radius 1 is 1.12 bits per heavy atom. The van der Waals surface area contributed by atoms with Gasteiger partial charge >= 0.3 is 0 Å². The van der Waals surface area contributed by atoms with Gasteiger partial charge in [-0.3, -0.25) is 0 Å². The molecule has 0 saturated heterocycles. The largest absolute Gasteiger partial charge is 0.394 e. The Kier molecular flexibility index (Phi) is 12.9. The van der Waals surface area contributed by atoms with E-state index in [4.69, 9.17) is 9.84 Å². The number of hydrogen-bond donors (Lipinski definition) is 2. The van der Waals surface area contributed by atoms with Gasteiger partial charge < -0.3 is 15.2 Å². The van der Waals surface area contributed by atoms with Crippen LogP contribution in [0.2, 0.25) is 0 Å². The number of aliphatic hydroxyl groups excluding tert-OH is 1. The lowest BCUT2D eigenvalue weighted by Crippen LogP contribution is -2.27. The molecule has 0 fully saturated rings. The topological polar surface area (TPSA) is 41.5 Å². The summed E-state index contributed by atoms with van der Waals surface area (Å²) >= 11 is 0. The summed E-state index contributed by atoms with van der Waals surface area (Å²) in [5.41, 5.74) is 0. The average Bonchev–Trinajstić information content (AvgIpc) is 2.29. The molecule has 0 aromatic carbocycles. The van der Waals surface area contributed by atoms with E-state index in [0.717, 1.165) is 19.6 Å². The molecule has 98 valence electrons. The van der Waals surface area contributed by atoms with Crippen LogP contribution in [-0.4, -0.2) is 37.5 Å². The fourth-order valence-corrected chi connectivity index (χ4v) is 1.67. The number of aliphatic hydroxyl groups is 1. The maximum Gasteiger partial charge on any atom is 0.0697 e. The minimum absolute atomic E-state index is 0.126. The van der Waals surface area contributed by atoms with Crippen molar-refractivity contribution in [3.63, 3.8) is 0 Å². The maximum atomic E-state index is 8.51. The van der Waals surface area contributed by atoms with Crippen LogP contribution in [0, 0.1) is 0 Å². The highest BCUT2D eigenvalue weighted by molar-refractivity contribution is 4.60. The second kappa shape index (κ2) is 12.9. The van der Waals surface area contributed by atoms with Gasteiger partial charge in [0.15, 0.2) is 0 Å². The Morgan fingerprint density at radius 2 is 1.94 bits per heavy atom. The summed E-state index contributed by atoms with van der Waals surface area (Å²) in [4.78, 5) is 0. The fraction of sp³-hybridized carbons (Fsp3) is 1.00. The SMILES string of the molecule is CCCCCCC(C)NCCCOCCO. The molecule has 16 heavy (non-hydrogen) atoms. The second-order valence-corrected chi connectivity index (χ2v) is 4.39. The van der Waals surface area contributed by atoms with E-state index < -0.39 is 0 Å². The molecule has 0 aromatic rings. The van der Waals surface area contributed by atoms with Gasteiger partial charge in [-0.05, 0) is 26.3 Å². The molecule has 1 unspecified atom stereocenters. The third-order valence-corrected chi connectivity index (χ3v) is 2.68. The van der Waals surface area contributed by atoms with Crippen LogP contribution in [0.15, 0.2) is 0 Å². The molecule has 0 heterocycles. The molecule has 0 saturated carbocycles. The van der Waals surface area contributed by atoms with Gasteiger partial charge in [-0.25, -0.2) is 0 Å². The van der Waals surface area contributed by atoms with Crippen molar-refractivity contribution < 1.29 is 9.84 Å². The van der Waals surface area contributed by atoms with E-state index in [1.807, 2.05) is 0 Å². The van der Waals surface area contributed by atoms with Crippen molar-refractivity contribution >= 4 is 0 Å². The second-order valence-electron chi connectivity index (χ2n) is 4.39. The molecule has 0 bridgehead atoms. The smallest absolute Gasteiger partial charge is 0.0697 e. The summed E-state index contributed by atoms with van der Waals surface area (Å²) < 4.78 is 5.19. The van der Waals surface area contributed by atoms with Crippen LogP contribution in [0.25, 0.3) is 0 Å². The number of unbranched alkanes of at least 4 members (excludes halogenated alkanes) is 3. The minimum Gasteiger partial charge on any atom is -0.394 e. The van der Waals surface area contributed by atoms with E-state index in [-0.39, 0.29) is 6.61 Å². The minimum atomic E-state index is 0.126. The van der Waals surface area contributed by atoms with Crippen molar-refractivity contribution in [3.05, 3.63) is 0 Å². The molecule has 0 aliphatic carbocycles. The van der Waals surface area contributed by atoms with E-state index in [9.17, 15) is 0 Å². The number of ether oxygens (including phenoxy) is 1. The first kappa shape index (κ1) is 15.9. The van der Waals surface area contributed by atoms with Crippen LogP contribution in [0.1, 0.15) is 52.4 Å². The van der Waals surface area contributed by atoms with Crippen molar-refractivity contribution in [2.45, 2.75) is 58.4 Å². The summed E-state index contributed by atoms with van der Waals surface area (Å²) in [5.74, 6) is 0. The zero-order chi connectivity index (χ0) is 12.1. The highest BCUT2D eigenvalue weighted by atomic mass is 16.5. The van der Waals surface area contributed by atoms with Crippen LogP contribution in [-0.2, 0) is 4.74 Å². The summed E-state index contributed by atoms with van der Waals surface area (Å²) in [7, 11) is 0. The van der Waals surface area contributed by atoms with Crippen LogP contribution >= 0.6 is 0 Å². The van der Waals surface area contributed by atoms with Crippen molar-refractivity contribution in [1.82, 2.24) is 5.32 Å². The van der Waals surface area contributed by atoms with E-state index in [1.54, 1.807) is 0 Å². The van der Waals surface area contributed by atoms with Gasteiger partial charge in [0.25, 0.3) is 0 Å². The van der Waals surface area contributed by atoms with Crippen molar-refractivity contribution in [1.29, 1.82) is 0 Å². The van der Waals surface area contributed by atoms with Gasteiger partial charge in [-0.1, -0.05) is 32.6 Å². The number of rotatable bonds is 12. The van der Waals surface area contributed by atoms with Gasteiger partial charge in [-0.2, -0.15) is 0 Å². The third-order valence-electron chi connectivity index (χ3n) is 2.68. The Balaban J connectivity index is 3.08. The Bertz CT molecular complexity index is 131. The molecular weight excluding hydrogens is 202 g/mol. The Hall–Kier alpha value is -0.120. The molecule has 0 aliphatic heterocycles. The highest BCUT2D eigenvalue weighted by Crippen LogP contribution is 2.04. The molecule has 3 nitrogen and oxygen atoms in total. The summed E-state index contributed by atoms with van der Waals surface area (Å²) in [5, 5.41) is 12.0. The zero-order valence-electron chi connectivity index (χ0n) is 11.0. The van der Waals surface area contributed by atoms with Gasteiger partial charge in [-0.15, -0.1) is 0 Å². The van der Waals surface area contributed by atoms with Crippen molar-refractivity contribution in [2.75, 3.05) is 26.4 Å². The van der Waals surface area contributed by atoms with Crippen molar-refractivity contribution in [2.24, 2.45) is 0 Å². The molecular formula is C13H29NO2. The first-order valence-corrected chi connectivity index (χ1v) is 6.73. The molecule has 0 spiro atoms. The van der Waals surface area contributed by atoms with E-state index in [2.05, 4.69) is 19.2 Å². The first-order chi connectivity index (χ1) is 7.81. The Morgan fingerprint density at radius 3 is 2.62 bits per heavy atom. The Labute approximate surface area is 101 Å².